The van der Waals surface area contributed by atoms with E-state index in [-0.39, 0.29) is 0 Å². The van der Waals surface area contributed by atoms with Crippen molar-refractivity contribution in [1.82, 2.24) is 9.30 Å². The lowest BCUT2D eigenvalue weighted by Crippen LogP contribution is -2.46. The van der Waals surface area contributed by atoms with Gasteiger partial charge in [-0.15, -0.1) is 0 Å². The number of benzene rings is 3. The highest BCUT2D eigenvalue weighted by Gasteiger charge is 2.25. The number of aromatic nitrogens is 1. The molecule has 2 aliphatic rings. The molecule has 2 aliphatic heterocycles. The third-order valence-corrected chi connectivity index (χ3v) is 8.77. The van der Waals surface area contributed by atoms with Gasteiger partial charge in [-0.05, 0) is 65.7 Å². The number of anilines is 3. The zero-order valence-electron chi connectivity index (χ0n) is 25.3. The molecule has 2 aromatic heterocycles. The predicted octanol–water partition coefficient (Wildman–Crippen LogP) is 5.59. The summed E-state index contributed by atoms with van der Waals surface area (Å²) in [5, 5.41) is 2.82. The van der Waals surface area contributed by atoms with E-state index in [0.29, 0.717) is 11.4 Å². The minimum atomic E-state index is -0.659. The Morgan fingerprint density at radius 3 is 1.98 bits per heavy atom. The van der Waals surface area contributed by atoms with Gasteiger partial charge in [-0.2, -0.15) is 0 Å². The molecular weight excluding hydrogens is 562 g/mol. The van der Waals surface area contributed by atoms with Crippen molar-refractivity contribution in [1.29, 1.82) is 0 Å². The van der Waals surface area contributed by atoms with Crippen molar-refractivity contribution in [3.05, 3.63) is 121 Å². The Balaban J connectivity index is 0.966. The first-order chi connectivity index (χ1) is 22.1. The largest absolute Gasteiger partial charge is 0.379 e. The van der Waals surface area contributed by atoms with Crippen molar-refractivity contribution in [2.45, 2.75) is 6.54 Å². The van der Waals surface area contributed by atoms with E-state index in [1.807, 2.05) is 85.1 Å². The van der Waals surface area contributed by atoms with Gasteiger partial charge in [-0.1, -0.05) is 48.5 Å². The predicted molar refractivity (Wildman–Crippen MR) is 179 cm³/mol. The second-order valence-corrected chi connectivity index (χ2v) is 11.6. The molecule has 0 bridgehead atoms. The summed E-state index contributed by atoms with van der Waals surface area (Å²) in [5.41, 5.74) is 7.14. The fourth-order valence-electron chi connectivity index (χ4n) is 6.30. The third-order valence-electron chi connectivity index (χ3n) is 8.77. The number of pyridine rings is 1. The van der Waals surface area contributed by atoms with Gasteiger partial charge in [0.25, 0.3) is 11.7 Å². The first kappa shape index (κ1) is 28.8. The van der Waals surface area contributed by atoms with Gasteiger partial charge in [-0.25, -0.2) is 0 Å². The summed E-state index contributed by atoms with van der Waals surface area (Å²) in [6, 6.07) is 34.1. The molecule has 8 heteroatoms. The Labute approximate surface area is 263 Å². The van der Waals surface area contributed by atoms with E-state index in [0.717, 1.165) is 81.4 Å². The first-order valence-corrected chi connectivity index (χ1v) is 15.6. The van der Waals surface area contributed by atoms with E-state index in [2.05, 4.69) is 44.3 Å². The third kappa shape index (κ3) is 6.34. The molecule has 2 saturated heterocycles. The number of ketones is 1. The summed E-state index contributed by atoms with van der Waals surface area (Å²) in [7, 11) is 0. The highest BCUT2D eigenvalue weighted by Crippen LogP contribution is 2.29. The molecule has 45 heavy (non-hydrogen) atoms. The van der Waals surface area contributed by atoms with Crippen LogP contribution in [0.3, 0.4) is 0 Å². The van der Waals surface area contributed by atoms with Crippen LogP contribution in [0.1, 0.15) is 16.1 Å². The number of fused-ring (bicyclic) bond motifs is 1. The summed E-state index contributed by atoms with van der Waals surface area (Å²) >= 11 is 0. The maximum atomic E-state index is 13.5. The van der Waals surface area contributed by atoms with E-state index in [4.69, 9.17) is 4.74 Å². The van der Waals surface area contributed by atoms with Gasteiger partial charge in [-0.3, -0.25) is 14.5 Å². The van der Waals surface area contributed by atoms with Crippen LogP contribution in [0, 0.1) is 0 Å². The van der Waals surface area contributed by atoms with Crippen LogP contribution in [0.5, 0.6) is 0 Å². The second-order valence-electron chi connectivity index (χ2n) is 11.6. The molecule has 1 N–H and O–H groups in total. The van der Waals surface area contributed by atoms with E-state index >= 15 is 0 Å². The lowest BCUT2D eigenvalue weighted by Gasteiger charge is -2.37. The van der Waals surface area contributed by atoms with Crippen molar-refractivity contribution < 1.29 is 14.3 Å². The van der Waals surface area contributed by atoms with Crippen LogP contribution < -0.4 is 15.1 Å². The maximum Gasteiger partial charge on any atom is 0.298 e. The van der Waals surface area contributed by atoms with Gasteiger partial charge < -0.3 is 24.3 Å². The van der Waals surface area contributed by atoms with Crippen molar-refractivity contribution in [2.24, 2.45) is 0 Å². The van der Waals surface area contributed by atoms with Crippen LogP contribution in [-0.2, 0) is 16.1 Å². The van der Waals surface area contributed by atoms with Crippen molar-refractivity contribution in [3.8, 4) is 11.1 Å². The standard InChI is InChI=1S/C37H37N5O3/c43-36(35-34(29-6-2-1-3-7-29)26-33-8-4-5-17-42(33)35)37(44)38-30-11-15-32(16-12-30)41-20-18-40(19-21-41)31-13-9-28(10-14-31)27-39-22-24-45-25-23-39/h1-17,26H,18-25,27H2,(H,38,44). The van der Waals surface area contributed by atoms with Crippen LogP contribution in [-0.4, -0.2) is 73.5 Å². The van der Waals surface area contributed by atoms with Gasteiger partial charge in [0.2, 0.25) is 0 Å². The molecule has 0 aliphatic carbocycles. The van der Waals surface area contributed by atoms with Crippen molar-refractivity contribution in [3.63, 3.8) is 0 Å². The molecule has 7 rings (SSSR count). The summed E-state index contributed by atoms with van der Waals surface area (Å²) in [5.74, 6) is -1.23. The quantitative estimate of drug-likeness (QED) is 0.185. The number of rotatable bonds is 8. The molecule has 3 aromatic carbocycles. The first-order valence-electron chi connectivity index (χ1n) is 15.6. The summed E-state index contributed by atoms with van der Waals surface area (Å²) in [6.07, 6.45) is 1.82. The van der Waals surface area contributed by atoms with E-state index < -0.39 is 11.7 Å². The van der Waals surface area contributed by atoms with Gasteiger partial charge in [0, 0.05) is 80.2 Å². The zero-order chi connectivity index (χ0) is 30.6. The molecule has 0 unspecified atom stereocenters. The molecule has 5 aromatic rings. The second kappa shape index (κ2) is 13.0. The molecule has 0 spiro atoms. The maximum absolute atomic E-state index is 13.5. The molecule has 1 amide bonds. The fourth-order valence-corrected chi connectivity index (χ4v) is 6.30. The highest BCUT2D eigenvalue weighted by atomic mass is 16.5. The molecule has 0 saturated carbocycles. The average Bonchev–Trinajstić information content (AvgIpc) is 3.49. The summed E-state index contributed by atoms with van der Waals surface area (Å²) in [6.45, 7) is 8.29. The Kier molecular flexibility index (Phi) is 8.31. The molecule has 4 heterocycles. The van der Waals surface area contributed by atoms with E-state index in [1.54, 1.807) is 4.40 Å². The SMILES string of the molecule is O=C(Nc1ccc(N2CCN(c3ccc(CN4CCOCC4)cc3)CC2)cc1)C(=O)c1c(-c2ccccc2)cc2ccccn12. The number of nitrogens with zero attached hydrogens (tertiary/aromatic N) is 4. The number of carbonyl (C=O) groups is 2. The van der Waals surface area contributed by atoms with Crippen LogP contribution in [0.4, 0.5) is 17.1 Å². The van der Waals surface area contributed by atoms with Gasteiger partial charge in [0.15, 0.2) is 0 Å². The smallest absolute Gasteiger partial charge is 0.298 e. The van der Waals surface area contributed by atoms with E-state index in [9.17, 15) is 9.59 Å². The van der Waals surface area contributed by atoms with Crippen LogP contribution >= 0.6 is 0 Å². The average molecular weight is 600 g/mol. The lowest BCUT2D eigenvalue weighted by atomic mass is 10.0. The zero-order valence-corrected chi connectivity index (χ0v) is 25.3. The van der Waals surface area contributed by atoms with Gasteiger partial charge >= 0.3 is 0 Å². The minimum Gasteiger partial charge on any atom is -0.379 e. The molecule has 2 fully saturated rings. The number of Topliss-reactive ketones (excluding diaryl/α,β-unsaturated/α-hetero) is 1. The minimum absolute atomic E-state index is 0.357. The monoisotopic (exact) mass is 599 g/mol. The van der Waals surface area contributed by atoms with E-state index in [1.165, 1.54) is 11.3 Å². The number of hydrogen-bond donors (Lipinski definition) is 1. The number of hydrogen-bond acceptors (Lipinski definition) is 6. The van der Waals surface area contributed by atoms with Crippen LogP contribution in [0.15, 0.2) is 109 Å². The molecule has 0 atom stereocenters. The normalized spacial score (nSPS) is 15.7. The Bertz CT molecular complexity index is 1770. The molecule has 0 radical (unpaired) electrons. The number of morpholine rings is 1. The Hall–Kier alpha value is -4.92. The van der Waals surface area contributed by atoms with Crippen LogP contribution in [0.2, 0.25) is 0 Å². The summed E-state index contributed by atoms with van der Waals surface area (Å²) in [4.78, 5) is 34.0. The lowest BCUT2D eigenvalue weighted by molar-refractivity contribution is -0.112. The van der Waals surface area contributed by atoms with Gasteiger partial charge in [0.1, 0.15) is 5.69 Å². The number of nitrogens with one attached hydrogen (secondary N) is 1. The number of amides is 1. The Morgan fingerprint density at radius 2 is 1.31 bits per heavy atom. The topological polar surface area (TPSA) is 69.5 Å². The Morgan fingerprint density at radius 1 is 0.689 bits per heavy atom. The number of piperazine rings is 1. The van der Waals surface area contributed by atoms with Crippen molar-refractivity contribution in [2.75, 3.05) is 67.6 Å². The van der Waals surface area contributed by atoms with Gasteiger partial charge in [0.05, 0.1) is 13.2 Å². The highest BCUT2D eigenvalue weighted by molar-refractivity contribution is 6.47. The number of ether oxygens (including phenoxy) is 1. The summed E-state index contributed by atoms with van der Waals surface area (Å²) < 4.78 is 7.25. The van der Waals surface area contributed by atoms with Crippen molar-refractivity contribution >= 4 is 34.3 Å². The molecule has 228 valence electrons. The van der Waals surface area contributed by atoms with Crippen LogP contribution in [0.25, 0.3) is 16.6 Å². The number of carbonyl (C=O) groups excluding carboxylic acids is 2. The molecule has 8 nitrogen and oxygen atoms in total. The fraction of sp³-hybridized carbons (Fsp3) is 0.243. The molecular formula is C37H37N5O3.